The number of carbonyl (C=O) groups is 1. The van der Waals surface area contributed by atoms with Gasteiger partial charge in [0.1, 0.15) is 0 Å². The molecule has 180 valence electrons. The number of rotatable bonds is 12. The van der Waals surface area contributed by atoms with E-state index in [0.29, 0.717) is 18.0 Å². The molecule has 3 rings (SSSR count). The molecule has 0 radical (unpaired) electrons. The minimum atomic E-state index is -2.48. The van der Waals surface area contributed by atoms with Crippen LogP contribution in [0.1, 0.15) is 90.0 Å². The molecule has 3 nitrogen and oxygen atoms in total. The number of benzene rings is 1. The Morgan fingerprint density at radius 1 is 1.03 bits per heavy atom. The molecule has 0 amide bonds. The van der Waals surface area contributed by atoms with Crippen LogP contribution >= 0.6 is 0 Å². The van der Waals surface area contributed by atoms with Gasteiger partial charge in [-0.05, 0) is 0 Å². The van der Waals surface area contributed by atoms with Crippen LogP contribution < -0.4 is 3.58 Å². The van der Waals surface area contributed by atoms with E-state index >= 15 is 0 Å². The van der Waals surface area contributed by atoms with E-state index in [2.05, 4.69) is 57.0 Å². The van der Waals surface area contributed by atoms with Crippen molar-refractivity contribution in [2.45, 2.75) is 110 Å². The molecule has 32 heavy (non-hydrogen) atoms. The molecule has 0 aliphatic carbocycles. The molecule has 2 aliphatic heterocycles. The van der Waals surface area contributed by atoms with E-state index < -0.39 is 18.4 Å². The number of piperidine rings is 1. The van der Waals surface area contributed by atoms with E-state index in [4.69, 9.17) is 4.74 Å². The second-order valence-electron chi connectivity index (χ2n) is 10.6. The van der Waals surface area contributed by atoms with Gasteiger partial charge in [-0.2, -0.15) is 0 Å². The Bertz CT molecular complexity index is 714. The van der Waals surface area contributed by atoms with Crippen LogP contribution in [0.4, 0.5) is 0 Å². The average molecular weight is 548 g/mol. The van der Waals surface area contributed by atoms with E-state index in [9.17, 15) is 4.79 Å². The van der Waals surface area contributed by atoms with Gasteiger partial charge in [0, 0.05) is 0 Å². The molecule has 4 unspecified atom stereocenters. The molecular formula is C28H47NO2Sn. The number of nitrogens with zero attached hydrogens (tertiary/aromatic N) is 1. The molecule has 4 heteroatoms. The van der Waals surface area contributed by atoms with Crippen molar-refractivity contribution in [3.8, 4) is 0 Å². The van der Waals surface area contributed by atoms with Gasteiger partial charge in [-0.1, -0.05) is 0 Å². The average Bonchev–Trinajstić information content (AvgIpc) is 3.05. The second-order valence-corrected chi connectivity index (χ2v) is 23.8. The Balaban J connectivity index is 1.98. The van der Waals surface area contributed by atoms with Gasteiger partial charge in [0.25, 0.3) is 0 Å². The van der Waals surface area contributed by atoms with Crippen molar-refractivity contribution in [3.05, 3.63) is 29.8 Å². The second kappa shape index (κ2) is 12.2. The quantitative estimate of drug-likeness (QED) is 0.221. The van der Waals surface area contributed by atoms with Crippen molar-refractivity contribution in [1.82, 2.24) is 4.90 Å². The van der Waals surface area contributed by atoms with Gasteiger partial charge >= 0.3 is 202 Å². The van der Waals surface area contributed by atoms with Crippen molar-refractivity contribution in [3.63, 3.8) is 0 Å². The Morgan fingerprint density at radius 3 is 2.22 bits per heavy atom. The van der Waals surface area contributed by atoms with Gasteiger partial charge in [0.05, 0.1) is 0 Å². The number of fused-ring (bicyclic) bond motifs is 2. The molecule has 0 N–H and O–H groups in total. The minimum absolute atomic E-state index is 0.00432. The summed E-state index contributed by atoms with van der Waals surface area (Å²) in [6, 6.07) is 10.7. The van der Waals surface area contributed by atoms with Gasteiger partial charge < -0.3 is 0 Å². The van der Waals surface area contributed by atoms with Gasteiger partial charge in [0.2, 0.25) is 0 Å². The van der Waals surface area contributed by atoms with Gasteiger partial charge in [-0.25, -0.2) is 0 Å². The van der Waals surface area contributed by atoms with Gasteiger partial charge in [0.15, 0.2) is 0 Å². The van der Waals surface area contributed by atoms with E-state index in [1.165, 1.54) is 63.8 Å². The third kappa shape index (κ3) is 5.56. The summed E-state index contributed by atoms with van der Waals surface area (Å²) >= 11 is -2.48. The van der Waals surface area contributed by atoms with Crippen LogP contribution in [-0.2, 0) is 9.53 Å². The van der Waals surface area contributed by atoms with Gasteiger partial charge in [-0.15, -0.1) is 0 Å². The molecule has 2 bridgehead atoms. The van der Waals surface area contributed by atoms with E-state index in [1.54, 1.807) is 10.7 Å². The maximum atomic E-state index is 13.0. The fourth-order valence-electron chi connectivity index (χ4n) is 6.72. The van der Waals surface area contributed by atoms with Crippen LogP contribution in [0.3, 0.4) is 0 Å². The molecule has 0 spiro atoms. The number of unbranched alkanes of at least 4 members (excludes halogenated alkanes) is 3. The number of hydrogen-bond donors (Lipinski definition) is 0. The van der Waals surface area contributed by atoms with Crippen LogP contribution in [0.5, 0.6) is 0 Å². The molecule has 4 atom stereocenters. The topological polar surface area (TPSA) is 29.5 Å². The zero-order chi connectivity index (χ0) is 23.1. The number of carbonyl (C=O) groups excluding carboxylic acids is 1. The maximum absolute atomic E-state index is 13.0. The predicted molar refractivity (Wildman–Crippen MR) is 138 cm³/mol. The number of methoxy groups -OCH3 is 1. The van der Waals surface area contributed by atoms with E-state index in [-0.39, 0.29) is 11.9 Å². The molecule has 1 aromatic rings. The Morgan fingerprint density at radius 2 is 1.66 bits per heavy atom. The summed E-state index contributed by atoms with van der Waals surface area (Å²) in [5, 5.41) is 0. The van der Waals surface area contributed by atoms with E-state index in [1.807, 2.05) is 0 Å². The first-order valence-corrected chi connectivity index (χ1v) is 20.9. The molecule has 2 saturated heterocycles. The molecule has 2 aliphatic rings. The van der Waals surface area contributed by atoms with Crippen molar-refractivity contribution >= 4 is 27.9 Å². The molecule has 2 fully saturated rings. The Kier molecular flexibility index (Phi) is 9.97. The van der Waals surface area contributed by atoms with Crippen LogP contribution in [0, 0.1) is 5.92 Å². The standard InChI is InChI=1S/C16H20NO2.3C4H9.Sn/c1-17-12-8-9-14(17)15(16(18)19-2)13(10-12)11-6-4-3-5-7-11;3*1-3-4-2;/h3-4,6-7,12-15H,8-10H2,1-2H3;3*1,3-4H2,2H3;. The summed E-state index contributed by atoms with van der Waals surface area (Å²) in [5.41, 5.74) is 1.42. The normalized spacial score (nSPS) is 25.8. The summed E-state index contributed by atoms with van der Waals surface area (Å²) in [7, 11) is 3.78. The molecule has 0 aromatic heterocycles. The third-order valence-electron chi connectivity index (χ3n) is 8.70. The van der Waals surface area contributed by atoms with Crippen LogP contribution in [-0.4, -0.2) is 55.5 Å². The Hall–Kier alpha value is -0.551. The first kappa shape index (κ1) is 26.1. The predicted octanol–water partition coefficient (Wildman–Crippen LogP) is 6.48. The van der Waals surface area contributed by atoms with Crippen LogP contribution in [0.15, 0.2) is 24.3 Å². The summed E-state index contributed by atoms with van der Waals surface area (Å²) in [6.45, 7) is 7.05. The molecule has 0 saturated carbocycles. The summed E-state index contributed by atoms with van der Waals surface area (Å²) in [6.07, 6.45) is 11.5. The Labute approximate surface area is 201 Å². The summed E-state index contributed by atoms with van der Waals surface area (Å²) < 4.78 is 11.6. The number of esters is 1. The number of ether oxygens (including phenoxy) is 1. The molecular weight excluding hydrogens is 501 g/mol. The molecule has 2 heterocycles. The van der Waals surface area contributed by atoms with Gasteiger partial charge in [-0.3, -0.25) is 0 Å². The summed E-state index contributed by atoms with van der Waals surface area (Å²) in [4.78, 5) is 15.4. The molecule has 1 aromatic carbocycles. The SMILES string of the molecule is CCC[CH2][Sn]([CH2]CCC)([CH2]CCC)[c]1cccc(C2CC3CCC(C2C(=O)OC)N3C)c1. The van der Waals surface area contributed by atoms with Crippen LogP contribution in [0.25, 0.3) is 0 Å². The van der Waals surface area contributed by atoms with Crippen LogP contribution in [0.2, 0.25) is 13.3 Å². The first-order valence-electron chi connectivity index (χ1n) is 13.4. The monoisotopic (exact) mass is 549 g/mol. The summed E-state index contributed by atoms with van der Waals surface area (Å²) in [5.74, 6) is 0.282. The van der Waals surface area contributed by atoms with Crippen molar-refractivity contribution < 1.29 is 9.53 Å². The zero-order valence-electron chi connectivity index (χ0n) is 21.4. The van der Waals surface area contributed by atoms with Crippen molar-refractivity contribution in [2.75, 3.05) is 14.2 Å². The number of hydrogen-bond acceptors (Lipinski definition) is 3. The fourth-order valence-corrected chi connectivity index (χ4v) is 22.8. The van der Waals surface area contributed by atoms with Crippen molar-refractivity contribution in [1.29, 1.82) is 0 Å². The first-order chi connectivity index (χ1) is 15.5. The fraction of sp³-hybridized carbons (Fsp3) is 0.750. The van der Waals surface area contributed by atoms with Crippen molar-refractivity contribution in [2.24, 2.45) is 5.92 Å². The third-order valence-corrected chi connectivity index (χ3v) is 24.3. The zero-order valence-corrected chi connectivity index (χ0v) is 24.2. The van der Waals surface area contributed by atoms with E-state index in [0.717, 1.165) is 12.8 Å².